The lowest BCUT2D eigenvalue weighted by Crippen LogP contribution is -2.39. The van der Waals surface area contributed by atoms with E-state index in [0.717, 1.165) is 45.1 Å². The molecular formula is C21H25N5O4. The highest BCUT2D eigenvalue weighted by molar-refractivity contribution is 5.87. The Morgan fingerprint density at radius 3 is 2.83 bits per heavy atom. The Kier molecular flexibility index (Phi) is 6.10. The van der Waals surface area contributed by atoms with E-state index in [2.05, 4.69) is 25.2 Å². The molecule has 1 aliphatic heterocycles. The number of rotatable bonds is 7. The quantitative estimate of drug-likeness (QED) is 0.606. The minimum Gasteiger partial charge on any atom is -0.497 e. The molecule has 0 radical (unpaired) electrons. The summed E-state index contributed by atoms with van der Waals surface area (Å²) < 4.78 is 16.0. The van der Waals surface area contributed by atoms with Crippen molar-refractivity contribution in [3.8, 4) is 23.0 Å². The molecule has 1 saturated heterocycles. The van der Waals surface area contributed by atoms with Gasteiger partial charge >= 0.3 is 0 Å². The maximum atomic E-state index is 12.8. The van der Waals surface area contributed by atoms with Gasteiger partial charge in [-0.25, -0.2) is 4.98 Å². The van der Waals surface area contributed by atoms with E-state index in [-0.39, 0.29) is 5.56 Å². The van der Waals surface area contributed by atoms with Crippen molar-refractivity contribution in [2.75, 3.05) is 58.9 Å². The first kappa shape index (κ1) is 20.1. The Labute approximate surface area is 174 Å². The maximum absolute atomic E-state index is 12.8. The smallest absolute Gasteiger partial charge is 0.262 e. The van der Waals surface area contributed by atoms with Crippen molar-refractivity contribution < 1.29 is 14.2 Å². The fraction of sp³-hybridized carbons (Fsp3) is 0.381. The van der Waals surface area contributed by atoms with Crippen LogP contribution in [0.5, 0.6) is 11.5 Å². The highest BCUT2D eigenvalue weighted by Crippen LogP contribution is 2.29. The summed E-state index contributed by atoms with van der Waals surface area (Å²) in [6, 6.07) is 7.16. The van der Waals surface area contributed by atoms with Crippen molar-refractivity contribution in [2.24, 2.45) is 0 Å². The fourth-order valence-corrected chi connectivity index (χ4v) is 3.51. The van der Waals surface area contributed by atoms with Crippen LogP contribution in [0.25, 0.3) is 22.4 Å². The number of benzene rings is 1. The van der Waals surface area contributed by atoms with Gasteiger partial charge in [-0.1, -0.05) is 0 Å². The van der Waals surface area contributed by atoms with E-state index < -0.39 is 0 Å². The summed E-state index contributed by atoms with van der Waals surface area (Å²) in [7, 11) is 3.07. The molecule has 9 heteroatoms. The van der Waals surface area contributed by atoms with Crippen LogP contribution in [0.1, 0.15) is 0 Å². The van der Waals surface area contributed by atoms with E-state index in [0.29, 0.717) is 33.9 Å². The number of pyridine rings is 1. The van der Waals surface area contributed by atoms with E-state index in [1.165, 1.54) is 7.11 Å². The Bertz CT molecular complexity index is 1080. The molecule has 0 bridgehead atoms. The molecule has 0 aliphatic carbocycles. The highest BCUT2D eigenvalue weighted by atomic mass is 16.5. The van der Waals surface area contributed by atoms with Crippen LogP contribution in [0.2, 0.25) is 0 Å². The topological polar surface area (TPSA) is 102 Å². The molecule has 0 saturated carbocycles. The van der Waals surface area contributed by atoms with E-state index in [1.807, 2.05) is 12.1 Å². The molecule has 0 spiro atoms. The Balaban J connectivity index is 1.64. The molecular weight excluding hydrogens is 386 g/mol. The number of anilines is 1. The van der Waals surface area contributed by atoms with Gasteiger partial charge in [-0.05, 0) is 12.1 Å². The second kappa shape index (κ2) is 9.10. The molecule has 3 aromatic rings. The summed E-state index contributed by atoms with van der Waals surface area (Å²) in [5, 5.41) is 3.79. The monoisotopic (exact) mass is 411 g/mol. The van der Waals surface area contributed by atoms with Gasteiger partial charge in [0.25, 0.3) is 5.56 Å². The number of methoxy groups -OCH3 is 2. The molecule has 2 N–H and O–H groups in total. The second-order valence-corrected chi connectivity index (χ2v) is 6.92. The largest absolute Gasteiger partial charge is 0.497 e. The third-order valence-electron chi connectivity index (χ3n) is 5.08. The van der Waals surface area contributed by atoms with Crippen LogP contribution in [-0.2, 0) is 4.74 Å². The molecule has 1 aromatic carbocycles. The zero-order valence-electron chi connectivity index (χ0n) is 17.1. The lowest BCUT2D eigenvalue weighted by atomic mass is 10.2. The van der Waals surface area contributed by atoms with Gasteiger partial charge in [0.15, 0.2) is 5.82 Å². The SMILES string of the molecule is COc1cc(OC)c2c(=O)[nH]c(-c3ncccc3NCCN3CCOCC3)nc2c1. The molecule has 4 rings (SSSR count). The predicted octanol–water partition coefficient (Wildman–Crippen LogP) is 1.75. The Morgan fingerprint density at radius 2 is 2.07 bits per heavy atom. The summed E-state index contributed by atoms with van der Waals surface area (Å²) in [5.74, 6) is 1.36. The van der Waals surface area contributed by atoms with Crippen LogP contribution in [0.3, 0.4) is 0 Å². The molecule has 1 aliphatic rings. The molecule has 0 amide bonds. The zero-order valence-corrected chi connectivity index (χ0v) is 17.1. The second-order valence-electron chi connectivity index (χ2n) is 6.92. The summed E-state index contributed by atoms with van der Waals surface area (Å²) in [6.07, 6.45) is 1.68. The van der Waals surface area contributed by atoms with Gasteiger partial charge in [0.05, 0.1) is 38.6 Å². The number of hydrogen-bond acceptors (Lipinski definition) is 8. The van der Waals surface area contributed by atoms with Crippen molar-refractivity contribution in [1.82, 2.24) is 19.9 Å². The number of hydrogen-bond donors (Lipinski definition) is 2. The molecule has 1 fully saturated rings. The van der Waals surface area contributed by atoms with E-state index >= 15 is 0 Å². The zero-order chi connectivity index (χ0) is 20.9. The normalized spacial score (nSPS) is 14.6. The lowest BCUT2D eigenvalue weighted by Gasteiger charge is -2.26. The van der Waals surface area contributed by atoms with Crippen LogP contribution < -0.4 is 20.3 Å². The first-order chi connectivity index (χ1) is 14.7. The van der Waals surface area contributed by atoms with E-state index in [1.54, 1.807) is 25.4 Å². The van der Waals surface area contributed by atoms with Crippen LogP contribution >= 0.6 is 0 Å². The third-order valence-corrected chi connectivity index (χ3v) is 5.08. The molecule has 0 atom stereocenters. The summed E-state index contributed by atoms with van der Waals surface area (Å²) in [5.41, 5.74) is 1.58. The maximum Gasteiger partial charge on any atom is 0.262 e. The lowest BCUT2D eigenvalue weighted by molar-refractivity contribution is 0.0398. The van der Waals surface area contributed by atoms with Crippen molar-refractivity contribution in [1.29, 1.82) is 0 Å². The number of fused-ring (bicyclic) bond motifs is 1. The number of ether oxygens (including phenoxy) is 3. The van der Waals surface area contributed by atoms with Gasteiger partial charge in [0.1, 0.15) is 22.6 Å². The Morgan fingerprint density at radius 1 is 1.23 bits per heavy atom. The molecule has 0 unspecified atom stereocenters. The van der Waals surface area contributed by atoms with Gasteiger partial charge in [0, 0.05) is 44.5 Å². The first-order valence-electron chi connectivity index (χ1n) is 9.85. The summed E-state index contributed by atoms with van der Waals surface area (Å²) in [4.78, 5) is 27.1. The highest BCUT2D eigenvalue weighted by Gasteiger charge is 2.16. The number of aromatic nitrogens is 3. The van der Waals surface area contributed by atoms with Crippen molar-refractivity contribution in [3.63, 3.8) is 0 Å². The minimum atomic E-state index is -0.292. The van der Waals surface area contributed by atoms with Crippen molar-refractivity contribution in [3.05, 3.63) is 40.8 Å². The molecule has 30 heavy (non-hydrogen) atoms. The minimum absolute atomic E-state index is 0.292. The molecule has 158 valence electrons. The van der Waals surface area contributed by atoms with Crippen molar-refractivity contribution in [2.45, 2.75) is 0 Å². The number of H-pyrrole nitrogens is 1. The third kappa shape index (κ3) is 4.22. The van der Waals surface area contributed by atoms with Gasteiger partial charge in [-0.15, -0.1) is 0 Å². The van der Waals surface area contributed by atoms with Crippen LogP contribution in [0, 0.1) is 0 Å². The van der Waals surface area contributed by atoms with Gasteiger partial charge in [-0.2, -0.15) is 0 Å². The first-order valence-corrected chi connectivity index (χ1v) is 9.85. The number of nitrogens with one attached hydrogen (secondary N) is 2. The van der Waals surface area contributed by atoms with Gasteiger partial charge in [0.2, 0.25) is 0 Å². The predicted molar refractivity (Wildman–Crippen MR) is 114 cm³/mol. The number of aromatic amines is 1. The fourth-order valence-electron chi connectivity index (χ4n) is 3.51. The van der Waals surface area contributed by atoms with Gasteiger partial charge < -0.3 is 24.5 Å². The average Bonchev–Trinajstić information content (AvgIpc) is 2.79. The van der Waals surface area contributed by atoms with E-state index in [4.69, 9.17) is 14.2 Å². The van der Waals surface area contributed by atoms with Crippen LogP contribution in [-0.4, -0.2) is 73.5 Å². The van der Waals surface area contributed by atoms with Crippen LogP contribution in [0.4, 0.5) is 5.69 Å². The van der Waals surface area contributed by atoms with Crippen LogP contribution in [0.15, 0.2) is 35.3 Å². The molecule has 9 nitrogen and oxygen atoms in total. The molecule has 3 heterocycles. The number of morpholine rings is 1. The summed E-state index contributed by atoms with van der Waals surface area (Å²) >= 11 is 0. The standard InChI is InChI=1S/C21H25N5O4/c1-28-14-12-16-18(17(13-14)29-2)21(27)25-20(24-16)19-15(4-3-5-23-19)22-6-7-26-8-10-30-11-9-26/h3-5,12-13,22H,6-11H2,1-2H3,(H,24,25,27). The average molecular weight is 411 g/mol. The van der Waals surface area contributed by atoms with Crippen molar-refractivity contribution >= 4 is 16.6 Å². The Hall–Kier alpha value is -3.17. The number of nitrogens with zero attached hydrogens (tertiary/aromatic N) is 3. The molecule has 2 aromatic heterocycles. The van der Waals surface area contributed by atoms with Gasteiger partial charge in [-0.3, -0.25) is 14.7 Å². The summed E-state index contributed by atoms with van der Waals surface area (Å²) in [6.45, 7) is 5.06. The van der Waals surface area contributed by atoms with E-state index in [9.17, 15) is 4.79 Å².